The molecule has 1 atom stereocenters. The normalized spacial score (nSPS) is 20.6. The number of anilines is 1. The molecule has 0 saturated heterocycles. The first kappa shape index (κ1) is 17.2. The van der Waals surface area contributed by atoms with E-state index >= 15 is 0 Å². The molecule has 0 amide bonds. The SMILES string of the molecule is CCN1/C(=C\C=O)C(C)(Cc2cccc(F)c2)c2cc(OC)ccc21. The van der Waals surface area contributed by atoms with E-state index in [1.165, 1.54) is 6.07 Å². The van der Waals surface area contributed by atoms with Gasteiger partial charge in [-0.25, -0.2) is 4.39 Å². The summed E-state index contributed by atoms with van der Waals surface area (Å²) in [5, 5.41) is 0. The number of benzene rings is 2. The van der Waals surface area contributed by atoms with Crippen LogP contribution in [0.3, 0.4) is 0 Å². The van der Waals surface area contributed by atoms with Crippen LogP contribution in [-0.2, 0) is 16.6 Å². The third-order valence-corrected chi connectivity index (χ3v) is 4.93. The molecular weight excluding hydrogens is 317 g/mol. The number of likely N-dealkylation sites (N-methyl/N-ethyl adjacent to an activating group) is 1. The molecule has 0 aliphatic carbocycles. The van der Waals surface area contributed by atoms with Crippen LogP contribution < -0.4 is 9.64 Å². The first-order valence-corrected chi connectivity index (χ1v) is 8.40. The highest BCUT2D eigenvalue weighted by Gasteiger charge is 2.43. The smallest absolute Gasteiger partial charge is 0.144 e. The predicted molar refractivity (Wildman–Crippen MR) is 97.6 cm³/mol. The van der Waals surface area contributed by atoms with Gasteiger partial charge in [0.1, 0.15) is 17.9 Å². The van der Waals surface area contributed by atoms with Crippen LogP contribution in [0.25, 0.3) is 0 Å². The second kappa shape index (κ2) is 6.71. The van der Waals surface area contributed by atoms with Gasteiger partial charge in [0.2, 0.25) is 0 Å². The number of carbonyl (C=O) groups is 1. The van der Waals surface area contributed by atoms with Gasteiger partial charge in [-0.05, 0) is 67.8 Å². The third kappa shape index (κ3) is 2.93. The topological polar surface area (TPSA) is 29.5 Å². The molecule has 130 valence electrons. The number of hydrogen-bond acceptors (Lipinski definition) is 3. The molecule has 0 saturated carbocycles. The minimum atomic E-state index is -0.436. The zero-order valence-corrected chi connectivity index (χ0v) is 14.8. The molecule has 3 nitrogen and oxygen atoms in total. The third-order valence-electron chi connectivity index (χ3n) is 4.93. The molecule has 2 aromatic carbocycles. The maximum atomic E-state index is 13.7. The van der Waals surface area contributed by atoms with Gasteiger partial charge in [-0.1, -0.05) is 12.1 Å². The molecule has 4 heteroatoms. The lowest BCUT2D eigenvalue weighted by Crippen LogP contribution is -2.30. The maximum absolute atomic E-state index is 13.7. The molecule has 0 aromatic heterocycles. The Morgan fingerprint density at radius 1 is 1.24 bits per heavy atom. The van der Waals surface area contributed by atoms with Crippen LogP contribution in [0.15, 0.2) is 54.2 Å². The molecule has 0 spiro atoms. The summed E-state index contributed by atoms with van der Waals surface area (Å²) in [5.41, 5.74) is 3.54. The van der Waals surface area contributed by atoms with E-state index in [-0.39, 0.29) is 5.82 Å². The van der Waals surface area contributed by atoms with E-state index in [1.807, 2.05) is 24.3 Å². The number of aldehydes is 1. The maximum Gasteiger partial charge on any atom is 0.144 e. The van der Waals surface area contributed by atoms with Crippen molar-refractivity contribution in [1.82, 2.24) is 0 Å². The number of ether oxygens (including phenoxy) is 1. The molecule has 1 heterocycles. The highest BCUT2D eigenvalue weighted by Crippen LogP contribution is 2.50. The Kier molecular flexibility index (Phi) is 4.62. The van der Waals surface area contributed by atoms with Gasteiger partial charge in [0.05, 0.1) is 7.11 Å². The van der Waals surface area contributed by atoms with Gasteiger partial charge in [-0.3, -0.25) is 4.79 Å². The Morgan fingerprint density at radius 3 is 2.68 bits per heavy atom. The van der Waals surface area contributed by atoms with Gasteiger partial charge >= 0.3 is 0 Å². The largest absolute Gasteiger partial charge is 0.497 e. The Bertz CT molecular complexity index is 830. The molecule has 1 aliphatic heterocycles. The summed E-state index contributed by atoms with van der Waals surface area (Å²) in [5.74, 6) is 0.519. The second-order valence-corrected chi connectivity index (χ2v) is 6.45. The number of hydrogen-bond donors (Lipinski definition) is 0. The minimum Gasteiger partial charge on any atom is -0.497 e. The van der Waals surface area contributed by atoms with Crippen molar-refractivity contribution in [1.29, 1.82) is 0 Å². The van der Waals surface area contributed by atoms with Gasteiger partial charge in [0.25, 0.3) is 0 Å². The summed E-state index contributed by atoms with van der Waals surface area (Å²) in [6.45, 7) is 4.90. The number of rotatable bonds is 5. The van der Waals surface area contributed by atoms with E-state index in [9.17, 15) is 9.18 Å². The molecule has 0 bridgehead atoms. The zero-order chi connectivity index (χ0) is 18.0. The lowest BCUT2D eigenvalue weighted by atomic mass is 9.76. The lowest BCUT2D eigenvalue weighted by molar-refractivity contribution is -0.104. The summed E-state index contributed by atoms with van der Waals surface area (Å²) >= 11 is 0. The average Bonchev–Trinajstić information content (AvgIpc) is 2.83. The Labute approximate surface area is 147 Å². The number of carbonyl (C=O) groups excluding carboxylic acids is 1. The number of halogens is 1. The lowest BCUT2D eigenvalue weighted by Gasteiger charge is -2.29. The summed E-state index contributed by atoms with van der Waals surface area (Å²) in [4.78, 5) is 13.4. The van der Waals surface area contributed by atoms with Crippen LogP contribution in [-0.4, -0.2) is 19.9 Å². The summed E-state index contributed by atoms with van der Waals surface area (Å²) < 4.78 is 19.1. The zero-order valence-electron chi connectivity index (χ0n) is 14.8. The molecule has 0 fully saturated rings. The summed E-state index contributed by atoms with van der Waals surface area (Å²) in [7, 11) is 1.64. The van der Waals surface area contributed by atoms with Crippen molar-refractivity contribution in [2.45, 2.75) is 25.7 Å². The van der Waals surface area contributed by atoms with E-state index in [0.717, 1.165) is 41.1 Å². The van der Waals surface area contributed by atoms with Gasteiger partial charge < -0.3 is 9.64 Å². The van der Waals surface area contributed by atoms with Crippen LogP contribution in [0.2, 0.25) is 0 Å². The van der Waals surface area contributed by atoms with Crippen LogP contribution in [0, 0.1) is 5.82 Å². The molecule has 1 unspecified atom stereocenters. The first-order chi connectivity index (χ1) is 12.0. The minimum absolute atomic E-state index is 0.252. The fourth-order valence-corrected chi connectivity index (χ4v) is 3.81. The second-order valence-electron chi connectivity index (χ2n) is 6.45. The standard InChI is InChI=1S/C21H22FNO2/c1-4-23-19-9-8-17(25-3)13-18(19)21(2,20(23)10-11-24)14-15-6-5-7-16(22)12-15/h5-13H,4,14H2,1-3H3/b20-10-. The predicted octanol–water partition coefficient (Wildman–Crippen LogP) is 4.26. The van der Waals surface area contributed by atoms with Crippen molar-refractivity contribution in [3.05, 3.63) is 71.2 Å². The van der Waals surface area contributed by atoms with Crippen LogP contribution >= 0.6 is 0 Å². The average molecular weight is 339 g/mol. The summed E-state index contributed by atoms with van der Waals surface area (Å²) in [6.07, 6.45) is 3.04. The number of fused-ring (bicyclic) bond motifs is 1. The Hall–Kier alpha value is -2.62. The summed E-state index contributed by atoms with van der Waals surface area (Å²) in [6, 6.07) is 12.6. The quantitative estimate of drug-likeness (QED) is 0.602. The van der Waals surface area contributed by atoms with Crippen LogP contribution in [0.1, 0.15) is 25.0 Å². The van der Waals surface area contributed by atoms with Crippen LogP contribution in [0.4, 0.5) is 10.1 Å². The van der Waals surface area contributed by atoms with Crippen LogP contribution in [0.5, 0.6) is 5.75 Å². The van der Waals surface area contributed by atoms with Crippen molar-refractivity contribution >= 4 is 12.0 Å². The monoisotopic (exact) mass is 339 g/mol. The number of methoxy groups -OCH3 is 1. The van der Waals surface area contributed by atoms with Crippen molar-refractivity contribution in [3.63, 3.8) is 0 Å². The van der Waals surface area contributed by atoms with Gasteiger partial charge in [-0.2, -0.15) is 0 Å². The number of nitrogens with zero attached hydrogens (tertiary/aromatic N) is 1. The van der Waals surface area contributed by atoms with Gasteiger partial charge in [0, 0.05) is 23.3 Å². The molecule has 2 aromatic rings. The molecule has 3 rings (SSSR count). The van der Waals surface area contributed by atoms with Crippen molar-refractivity contribution < 1.29 is 13.9 Å². The number of allylic oxidation sites excluding steroid dienone is 2. The van der Waals surface area contributed by atoms with E-state index in [4.69, 9.17) is 4.74 Å². The Morgan fingerprint density at radius 2 is 2.04 bits per heavy atom. The fraction of sp³-hybridized carbons (Fsp3) is 0.286. The molecule has 0 N–H and O–H groups in total. The highest BCUT2D eigenvalue weighted by atomic mass is 19.1. The van der Waals surface area contributed by atoms with Gasteiger partial charge in [0.15, 0.2) is 0 Å². The molecule has 25 heavy (non-hydrogen) atoms. The van der Waals surface area contributed by atoms with E-state index in [0.29, 0.717) is 6.42 Å². The molecule has 1 aliphatic rings. The van der Waals surface area contributed by atoms with E-state index < -0.39 is 5.41 Å². The highest BCUT2D eigenvalue weighted by molar-refractivity contribution is 5.78. The van der Waals surface area contributed by atoms with Crippen molar-refractivity contribution in [2.75, 3.05) is 18.6 Å². The van der Waals surface area contributed by atoms with E-state index in [2.05, 4.69) is 18.7 Å². The van der Waals surface area contributed by atoms with Crippen molar-refractivity contribution in [2.24, 2.45) is 0 Å². The van der Waals surface area contributed by atoms with Crippen molar-refractivity contribution in [3.8, 4) is 5.75 Å². The van der Waals surface area contributed by atoms with E-state index in [1.54, 1.807) is 25.3 Å². The molecule has 0 radical (unpaired) electrons. The first-order valence-electron chi connectivity index (χ1n) is 8.40. The van der Waals surface area contributed by atoms with Gasteiger partial charge in [-0.15, -0.1) is 0 Å². The Balaban J connectivity index is 2.17. The fourth-order valence-electron chi connectivity index (χ4n) is 3.81. The molecular formula is C21H22FNO2.